The normalized spacial score (nSPS) is 10.7. The lowest BCUT2D eigenvalue weighted by Crippen LogP contribution is -2.33. The van der Waals surface area contributed by atoms with Crippen LogP contribution in [-0.4, -0.2) is 22.2 Å². The number of carbonyl (C=O) groups is 1. The first-order chi connectivity index (χ1) is 11.1. The van der Waals surface area contributed by atoms with Gasteiger partial charge in [-0.15, -0.1) is 0 Å². The molecule has 3 aromatic rings. The summed E-state index contributed by atoms with van der Waals surface area (Å²) in [6.07, 6.45) is 0. The molecule has 3 rings (SSSR count). The van der Waals surface area contributed by atoms with Crippen LogP contribution in [0.15, 0.2) is 59.4 Å². The smallest absolute Gasteiger partial charge is 0.279 e. The number of anilines is 1. The lowest BCUT2D eigenvalue weighted by atomic mass is 10.1. The summed E-state index contributed by atoms with van der Waals surface area (Å²) in [5.41, 5.74) is 0.882. The summed E-state index contributed by atoms with van der Waals surface area (Å²) in [4.78, 5) is 26.8. The predicted molar refractivity (Wildman–Crippen MR) is 90.8 cm³/mol. The molecule has 0 N–H and O–H groups in total. The Morgan fingerprint density at radius 3 is 2.30 bits per heavy atom. The minimum Gasteiger partial charge on any atom is -0.307 e. The molecule has 0 saturated heterocycles. The Balaban J connectivity index is 2.18. The molecule has 0 bridgehead atoms. The molecule has 5 heteroatoms. The van der Waals surface area contributed by atoms with E-state index >= 15 is 0 Å². The second kappa shape index (κ2) is 6.04. The first kappa shape index (κ1) is 15.0. The third-order valence-electron chi connectivity index (χ3n) is 3.79. The highest BCUT2D eigenvalue weighted by molar-refractivity contribution is 6.12. The van der Waals surface area contributed by atoms with Gasteiger partial charge in [-0.05, 0) is 25.1 Å². The number of aryl methyl sites for hydroxylation is 1. The average molecular weight is 307 g/mol. The van der Waals surface area contributed by atoms with Crippen molar-refractivity contribution in [1.29, 1.82) is 0 Å². The number of hydrogen-bond acceptors (Lipinski definition) is 3. The molecular weight excluding hydrogens is 290 g/mol. The monoisotopic (exact) mass is 307 g/mol. The van der Waals surface area contributed by atoms with Crippen LogP contribution in [0.3, 0.4) is 0 Å². The van der Waals surface area contributed by atoms with Gasteiger partial charge in [0.15, 0.2) is 5.69 Å². The van der Waals surface area contributed by atoms with Gasteiger partial charge >= 0.3 is 0 Å². The molecule has 1 heterocycles. The van der Waals surface area contributed by atoms with Gasteiger partial charge in [0, 0.05) is 24.7 Å². The van der Waals surface area contributed by atoms with E-state index in [-0.39, 0.29) is 17.2 Å². The lowest BCUT2D eigenvalue weighted by Gasteiger charge is -2.21. The van der Waals surface area contributed by atoms with E-state index in [0.29, 0.717) is 17.3 Å². The van der Waals surface area contributed by atoms with Gasteiger partial charge in [-0.3, -0.25) is 9.59 Å². The van der Waals surface area contributed by atoms with Gasteiger partial charge in [-0.2, -0.15) is 5.10 Å². The van der Waals surface area contributed by atoms with Gasteiger partial charge in [0.2, 0.25) is 0 Å². The summed E-state index contributed by atoms with van der Waals surface area (Å²) in [6.45, 7) is 2.43. The van der Waals surface area contributed by atoms with E-state index in [9.17, 15) is 9.59 Å². The quantitative estimate of drug-likeness (QED) is 0.747. The van der Waals surface area contributed by atoms with Crippen LogP contribution in [0.1, 0.15) is 17.4 Å². The maximum absolute atomic E-state index is 13.0. The zero-order valence-electron chi connectivity index (χ0n) is 13.1. The molecule has 0 aliphatic heterocycles. The molecule has 1 amide bonds. The van der Waals surface area contributed by atoms with Gasteiger partial charge in [0.25, 0.3) is 11.5 Å². The maximum Gasteiger partial charge on any atom is 0.279 e. The number of para-hydroxylation sites is 1. The minimum atomic E-state index is -0.217. The second-order valence-corrected chi connectivity index (χ2v) is 5.21. The van der Waals surface area contributed by atoms with Gasteiger partial charge in [-0.25, -0.2) is 4.68 Å². The number of nitrogens with zero attached hydrogens (tertiary/aromatic N) is 3. The number of benzene rings is 2. The highest BCUT2D eigenvalue weighted by Crippen LogP contribution is 2.19. The molecule has 116 valence electrons. The molecule has 0 saturated carbocycles. The molecule has 0 fully saturated rings. The Labute approximate surface area is 133 Å². The van der Waals surface area contributed by atoms with E-state index in [2.05, 4.69) is 5.10 Å². The molecule has 0 aliphatic carbocycles. The number of fused-ring (bicyclic) bond motifs is 1. The fourth-order valence-corrected chi connectivity index (χ4v) is 2.64. The molecule has 0 aliphatic rings. The standard InChI is InChI=1S/C18H17N3O2/c1-3-21(13-9-5-4-6-10-13)18(23)16-14-11-7-8-12-15(14)17(22)20(2)19-16/h4-12H,3H2,1-2H3. The van der Waals surface area contributed by atoms with Gasteiger partial charge in [0.05, 0.1) is 5.39 Å². The van der Waals surface area contributed by atoms with E-state index in [0.717, 1.165) is 5.69 Å². The van der Waals surface area contributed by atoms with E-state index < -0.39 is 0 Å². The lowest BCUT2D eigenvalue weighted by molar-refractivity contribution is 0.0983. The molecular formula is C18H17N3O2. The van der Waals surface area contributed by atoms with E-state index in [1.807, 2.05) is 37.3 Å². The number of amides is 1. The van der Waals surface area contributed by atoms with E-state index in [1.54, 1.807) is 36.2 Å². The van der Waals surface area contributed by atoms with Crippen molar-refractivity contribution in [3.63, 3.8) is 0 Å². The minimum absolute atomic E-state index is 0.208. The summed E-state index contributed by atoms with van der Waals surface area (Å²) in [5.74, 6) is -0.217. The molecule has 0 unspecified atom stereocenters. The van der Waals surface area contributed by atoms with Crippen molar-refractivity contribution in [2.45, 2.75) is 6.92 Å². The van der Waals surface area contributed by atoms with Crippen molar-refractivity contribution < 1.29 is 4.79 Å². The molecule has 23 heavy (non-hydrogen) atoms. The van der Waals surface area contributed by atoms with Crippen LogP contribution in [0, 0.1) is 0 Å². The Morgan fingerprint density at radius 2 is 1.65 bits per heavy atom. The third kappa shape index (κ3) is 2.61. The summed E-state index contributed by atoms with van der Waals surface area (Å²) in [7, 11) is 1.56. The molecule has 5 nitrogen and oxygen atoms in total. The summed E-state index contributed by atoms with van der Waals surface area (Å²) >= 11 is 0. The SMILES string of the molecule is CCN(C(=O)c1nn(C)c(=O)c2ccccc12)c1ccccc1. The van der Waals surface area contributed by atoms with Gasteiger partial charge in [-0.1, -0.05) is 36.4 Å². The highest BCUT2D eigenvalue weighted by Gasteiger charge is 2.21. The molecule has 1 aromatic heterocycles. The Morgan fingerprint density at radius 1 is 1.04 bits per heavy atom. The zero-order valence-corrected chi connectivity index (χ0v) is 13.1. The first-order valence-electron chi connectivity index (χ1n) is 7.46. The number of rotatable bonds is 3. The van der Waals surface area contributed by atoms with Crippen molar-refractivity contribution in [2.75, 3.05) is 11.4 Å². The van der Waals surface area contributed by atoms with Crippen LogP contribution in [0.25, 0.3) is 10.8 Å². The van der Waals surface area contributed by atoms with E-state index in [1.165, 1.54) is 4.68 Å². The number of aromatic nitrogens is 2. The van der Waals surface area contributed by atoms with Crippen molar-refractivity contribution in [3.8, 4) is 0 Å². The van der Waals surface area contributed by atoms with Crippen LogP contribution >= 0.6 is 0 Å². The van der Waals surface area contributed by atoms with Crippen molar-refractivity contribution in [1.82, 2.24) is 9.78 Å². The topological polar surface area (TPSA) is 55.2 Å². The summed E-state index contributed by atoms with van der Waals surface area (Å²) in [6, 6.07) is 16.5. The van der Waals surface area contributed by atoms with Gasteiger partial charge < -0.3 is 4.90 Å². The van der Waals surface area contributed by atoms with Crippen LogP contribution in [0.2, 0.25) is 0 Å². The molecule has 0 atom stereocenters. The Kier molecular flexibility index (Phi) is 3.93. The first-order valence-corrected chi connectivity index (χ1v) is 7.46. The summed E-state index contributed by atoms with van der Waals surface area (Å²) < 4.78 is 1.22. The second-order valence-electron chi connectivity index (χ2n) is 5.21. The Bertz CT molecular complexity index is 916. The third-order valence-corrected chi connectivity index (χ3v) is 3.79. The fraction of sp³-hybridized carbons (Fsp3) is 0.167. The fourth-order valence-electron chi connectivity index (χ4n) is 2.64. The zero-order chi connectivity index (χ0) is 16.4. The molecule has 0 spiro atoms. The number of hydrogen-bond donors (Lipinski definition) is 0. The van der Waals surface area contributed by atoms with Crippen molar-refractivity contribution >= 4 is 22.4 Å². The van der Waals surface area contributed by atoms with Gasteiger partial charge in [0.1, 0.15) is 0 Å². The van der Waals surface area contributed by atoms with Crippen molar-refractivity contribution in [2.24, 2.45) is 7.05 Å². The highest BCUT2D eigenvalue weighted by atomic mass is 16.2. The van der Waals surface area contributed by atoms with Crippen molar-refractivity contribution in [3.05, 3.63) is 70.6 Å². The summed E-state index contributed by atoms with van der Waals surface area (Å²) in [5, 5.41) is 5.28. The molecule has 2 aromatic carbocycles. The largest absolute Gasteiger partial charge is 0.307 e. The maximum atomic E-state index is 13.0. The van der Waals surface area contributed by atoms with Crippen LogP contribution < -0.4 is 10.5 Å². The Hall–Kier alpha value is -2.95. The van der Waals surface area contributed by atoms with Crippen LogP contribution in [-0.2, 0) is 7.05 Å². The predicted octanol–water partition coefficient (Wildman–Crippen LogP) is 2.60. The van der Waals surface area contributed by atoms with E-state index in [4.69, 9.17) is 0 Å². The van der Waals surface area contributed by atoms with Crippen LogP contribution in [0.5, 0.6) is 0 Å². The van der Waals surface area contributed by atoms with Crippen LogP contribution in [0.4, 0.5) is 5.69 Å². The number of carbonyl (C=O) groups excluding carboxylic acids is 1. The average Bonchev–Trinajstić information content (AvgIpc) is 2.59. The molecule has 0 radical (unpaired) electrons.